The Morgan fingerprint density at radius 1 is 0.931 bits per heavy atom. The second-order valence-corrected chi connectivity index (χ2v) is 8.09. The number of nitrogens with zero attached hydrogens (tertiary/aromatic N) is 3. The van der Waals surface area contributed by atoms with Crippen LogP contribution in [-0.4, -0.2) is 47.1 Å². The Kier molecular flexibility index (Phi) is 6.12. The zero-order valence-electron chi connectivity index (χ0n) is 16.1. The van der Waals surface area contributed by atoms with E-state index in [2.05, 4.69) is 39.0 Å². The average Bonchev–Trinajstić information content (AvgIpc) is 2.75. The van der Waals surface area contributed by atoms with E-state index in [9.17, 15) is 9.90 Å². The van der Waals surface area contributed by atoms with Gasteiger partial charge in [0.1, 0.15) is 11.4 Å². The van der Waals surface area contributed by atoms with Gasteiger partial charge in [0, 0.05) is 48.7 Å². The second kappa shape index (κ2) is 9.11. The maximum atomic E-state index is 12.1. The fourth-order valence-corrected chi connectivity index (χ4v) is 4.49. The van der Waals surface area contributed by atoms with E-state index in [4.69, 9.17) is 0 Å². The zero-order valence-corrected chi connectivity index (χ0v) is 16.9. The molecule has 2 aromatic carbocycles. The van der Waals surface area contributed by atoms with E-state index in [1.165, 1.54) is 17.3 Å². The lowest BCUT2D eigenvalue weighted by Crippen LogP contribution is -2.46. The van der Waals surface area contributed by atoms with Crippen LogP contribution in [0.25, 0.3) is 0 Å². The Balaban J connectivity index is 1.50. The molecule has 0 amide bonds. The quantitative estimate of drug-likeness (QED) is 0.662. The molecule has 6 heteroatoms. The number of carbonyl (C=O) groups is 1. The number of benzene rings is 2. The number of anilines is 1. The first-order valence-corrected chi connectivity index (χ1v) is 10.5. The summed E-state index contributed by atoms with van der Waals surface area (Å²) in [5.41, 5.74) is 1.59. The lowest BCUT2D eigenvalue weighted by molar-refractivity contribution is 0.0693. The lowest BCUT2D eigenvalue weighted by atomic mass is 10.2. The van der Waals surface area contributed by atoms with Gasteiger partial charge < -0.3 is 10.0 Å². The van der Waals surface area contributed by atoms with Gasteiger partial charge >= 0.3 is 5.97 Å². The molecule has 1 aliphatic rings. The molecule has 1 aromatic heterocycles. The molecule has 2 heterocycles. The zero-order chi connectivity index (χ0) is 20.1. The van der Waals surface area contributed by atoms with Gasteiger partial charge in [-0.2, -0.15) is 0 Å². The summed E-state index contributed by atoms with van der Waals surface area (Å²) in [6.45, 7) is 4.20. The van der Waals surface area contributed by atoms with Gasteiger partial charge in [0.2, 0.25) is 0 Å². The van der Waals surface area contributed by atoms with E-state index < -0.39 is 5.97 Å². The molecule has 1 N–H and O–H groups in total. The number of aromatic nitrogens is 1. The Hall–Kier alpha value is -2.83. The fourth-order valence-electron chi connectivity index (χ4n) is 3.53. The molecule has 5 nitrogen and oxygen atoms in total. The number of hydrogen-bond donors (Lipinski definition) is 1. The van der Waals surface area contributed by atoms with Crippen LogP contribution in [0.15, 0.2) is 82.7 Å². The molecule has 0 unspecified atom stereocenters. The second-order valence-electron chi connectivity index (χ2n) is 6.98. The van der Waals surface area contributed by atoms with Crippen molar-refractivity contribution < 1.29 is 9.90 Å². The van der Waals surface area contributed by atoms with Gasteiger partial charge in [-0.25, -0.2) is 9.78 Å². The maximum absolute atomic E-state index is 12.1. The van der Waals surface area contributed by atoms with E-state index >= 15 is 0 Å². The summed E-state index contributed by atoms with van der Waals surface area (Å²) in [6.07, 6.45) is 1.71. The maximum Gasteiger partial charge on any atom is 0.340 e. The van der Waals surface area contributed by atoms with Gasteiger partial charge in [0.25, 0.3) is 0 Å². The Bertz CT molecular complexity index is 958. The highest BCUT2D eigenvalue weighted by molar-refractivity contribution is 7.99. The van der Waals surface area contributed by atoms with Crippen molar-refractivity contribution in [2.75, 3.05) is 31.1 Å². The first kappa shape index (κ1) is 19.5. The van der Waals surface area contributed by atoms with Crippen molar-refractivity contribution in [2.24, 2.45) is 0 Å². The topological polar surface area (TPSA) is 56.7 Å². The van der Waals surface area contributed by atoms with E-state index in [1.54, 1.807) is 12.3 Å². The fraction of sp³-hybridized carbons (Fsp3) is 0.217. The van der Waals surface area contributed by atoms with Crippen molar-refractivity contribution in [3.05, 3.63) is 84.1 Å². The summed E-state index contributed by atoms with van der Waals surface area (Å²) >= 11 is 1.47. The molecular weight excluding hydrogens is 382 g/mol. The molecule has 0 bridgehead atoms. The van der Waals surface area contributed by atoms with Gasteiger partial charge in [-0.1, -0.05) is 60.3 Å². The van der Waals surface area contributed by atoms with Crippen molar-refractivity contribution >= 4 is 23.5 Å². The van der Waals surface area contributed by atoms with Crippen molar-refractivity contribution in [1.29, 1.82) is 0 Å². The minimum absolute atomic E-state index is 0.290. The summed E-state index contributed by atoms with van der Waals surface area (Å²) in [5.74, 6) is -0.365. The summed E-state index contributed by atoms with van der Waals surface area (Å²) in [7, 11) is 0. The third-order valence-corrected chi connectivity index (χ3v) is 6.07. The highest BCUT2D eigenvalue weighted by atomic mass is 32.2. The van der Waals surface area contributed by atoms with Crippen LogP contribution in [0.4, 0.5) is 5.82 Å². The molecule has 1 aliphatic heterocycles. The van der Waals surface area contributed by atoms with Crippen LogP contribution in [0.5, 0.6) is 0 Å². The van der Waals surface area contributed by atoms with Crippen molar-refractivity contribution in [1.82, 2.24) is 9.88 Å². The smallest absolute Gasteiger partial charge is 0.340 e. The molecule has 0 radical (unpaired) electrons. The molecule has 3 aromatic rings. The summed E-state index contributed by atoms with van der Waals surface area (Å²) in [4.78, 5) is 22.8. The first-order chi connectivity index (χ1) is 14.2. The van der Waals surface area contributed by atoms with Crippen LogP contribution < -0.4 is 4.90 Å². The lowest BCUT2D eigenvalue weighted by Gasteiger charge is -2.36. The average molecular weight is 406 g/mol. The molecule has 0 spiro atoms. The molecule has 0 aliphatic carbocycles. The normalized spacial score (nSPS) is 14.7. The molecule has 0 saturated carbocycles. The van der Waals surface area contributed by atoms with Crippen LogP contribution in [-0.2, 0) is 6.54 Å². The van der Waals surface area contributed by atoms with Crippen LogP contribution in [0.2, 0.25) is 0 Å². The van der Waals surface area contributed by atoms with Crippen LogP contribution in [0.3, 0.4) is 0 Å². The third-order valence-electron chi connectivity index (χ3n) is 5.00. The minimum atomic E-state index is -0.932. The van der Waals surface area contributed by atoms with Gasteiger partial charge in [-0.15, -0.1) is 0 Å². The molecule has 0 atom stereocenters. The summed E-state index contributed by atoms with van der Waals surface area (Å²) < 4.78 is 0. The van der Waals surface area contributed by atoms with E-state index in [1.807, 2.05) is 36.4 Å². The largest absolute Gasteiger partial charge is 0.478 e. The van der Waals surface area contributed by atoms with Crippen molar-refractivity contribution in [2.45, 2.75) is 16.3 Å². The number of aromatic carboxylic acids is 1. The number of pyridine rings is 1. The summed E-state index contributed by atoms with van der Waals surface area (Å²) in [5, 5.41) is 9.91. The Morgan fingerprint density at radius 3 is 2.24 bits per heavy atom. The summed E-state index contributed by atoms with van der Waals surface area (Å²) in [6, 6.07) is 22.0. The molecule has 29 heavy (non-hydrogen) atoms. The molecule has 148 valence electrons. The molecule has 4 rings (SSSR count). The molecule has 1 fully saturated rings. The Morgan fingerprint density at radius 2 is 1.59 bits per heavy atom. The van der Waals surface area contributed by atoms with Crippen molar-refractivity contribution in [3.63, 3.8) is 0 Å². The van der Waals surface area contributed by atoms with Crippen LogP contribution in [0.1, 0.15) is 15.9 Å². The number of piperazine rings is 1. The van der Waals surface area contributed by atoms with Gasteiger partial charge in [-0.05, 0) is 23.8 Å². The SMILES string of the molecule is O=C(O)c1c(Sc2ccccc2)ccnc1N1CCN(Cc2ccccc2)CC1. The first-order valence-electron chi connectivity index (χ1n) is 9.67. The third kappa shape index (κ3) is 4.78. The highest BCUT2D eigenvalue weighted by Gasteiger charge is 2.25. The minimum Gasteiger partial charge on any atom is -0.478 e. The number of carboxylic acids is 1. The molecular formula is C23H23N3O2S. The van der Waals surface area contributed by atoms with E-state index in [-0.39, 0.29) is 5.56 Å². The standard InChI is InChI=1S/C23H23N3O2S/c27-23(28)21-20(29-19-9-5-2-6-10-19)11-12-24-22(21)26-15-13-25(14-16-26)17-18-7-3-1-4-8-18/h1-12H,13-17H2,(H,27,28). The van der Waals surface area contributed by atoms with Crippen molar-refractivity contribution in [3.8, 4) is 0 Å². The van der Waals surface area contributed by atoms with E-state index in [0.29, 0.717) is 5.82 Å². The number of carboxylic acid groups (broad SMARTS) is 1. The Labute approximate surface area is 175 Å². The van der Waals surface area contributed by atoms with E-state index in [0.717, 1.165) is 42.5 Å². The number of rotatable bonds is 6. The van der Waals surface area contributed by atoms with Gasteiger partial charge in [-0.3, -0.25) is 4.90 Å². The molecule has 1 saturated heterocycles. The van der Waals surface area contributed by atoms with Crippen LogP contribution >= 0.6 is 11.8 Å². The van der Waals surface area contributed by atoms with Crippen LogP contribution in [0, 0.1) is 0 Å². The van der Waals surface area contributed by atoms with Gasteiger partial charge in [0.15, 0.2) is 0 Å². The van der Waals surface area contributed by atoms with Gasteiger partial charge in [0.05, 0.1) is 0 Å². The predicted octanol–water partition coefficient (Wildman–Crippen LogP) is 4.25. The monoisotopic (exact) mass is 405 g/mol. The number of hydrogen-bond acceptors (Lipinski definition) is 5. The predicted molar refractivity (Wildman–Crippen MR) is 116 cm³/mol. The highest BCUT2D eigenvalue weighted by Crippen LogP contribution is 2.34.